The van der Waals surface area contributed by atoms with Crippen LogP contribution in [0.25, 0.3) is 0 Å². The third kappa shape index (κ3) is 3.39. The van der Waals surface area contributed by atoms with E-state index in [1.165, 1.54) is 12.1 Å². The minimum Gasteiger partial charge on any atom is -0.334 e. The first-order chi connectivity index (χ1) is 12.4. The van der Waals surface area contributed by atoms with Crippen LogP contribution in [0.3, 0.4) is 0 Å². The highest BCUT2D eigenvalue weighted by Crippen LogP contribution is 2.38. The van der Waals surface area contributed by atoms with E-state index in [-0.39, 0.29) is 18.7 Å². The number of nitrogens with zero attached hydrogens (tertiary/aromatic N) is 2. The fourth-order valence-corrected chi connectivity index (χ4v) is 4.27. The predicted molar refractivity (Wildman–Crippen MR) is 96.0 cm³/mol. The second kappa shape index (κ2) is 6.72. The lowest BCUT2D eigenvalue weighted by Crippen LogP contribution is -2.54. The van der Waals surface area contributed by atoms with Gasteiger partial charge in [-0.1, -0.05) is 6.07 Å². The van der Waals surface area contributed by atoms with Gasteiger partial charge < -0.3 is 15.1 Å². The Kier molecular flexibility index (Phi) is 4.54. The summed E-state index contributed by atoms with van der Waals surface area (Å²) in [6.45, 7) is 0.850. The zero-order valence-corrected chi connectivity index (χ0v) is 15.0. The van der Waals surface area contributed by atoms with Gasteiger partial charge in [0.1, 0.15) is 0 Å². The van der Waals surface area contributed by atoms with Crippen molar-refractivity contribution in [2.24, 2.45) is 0 Å². The number of rotatable bonds is 2. The first-order valence-corrected chi connectivity index (χ1v) is 9.86. The highest BCUT2D eigenvalue weighted by atomic mass is 32.2. The summed E-state index contributed by atoms with van der Waals surface area (Å²) in [7, 11) is 0. The number of hydrogen-bond donors (Lipinski definition) is 1. The lowest BCUT2D eigenvalue weighted by Gasteiger charge is -2.39. The van der Waals surface area contributed by atoms with E-state index < -0.39 is 11.7 Å². The molecule has 26 heavy (non-hydrogen) atoms. The van der Waals surface area contributed by atoms with Crippen molar-refractivity contribution >= 4 is 23.5 Å². The molecule has 0 unspecified atom stereocenters. The molecule has 1 fully saturated rings. The van der Waals surface area contributed by atoms with Crippen LogP contribution in [0.1, 0.15) is 24.8 Å². The second-order valence-electron chi connectivity index (χ2n) is 6.90. The average molecular weight is 383 g/mol. The number of amides is 2. The van der Waals surface area contributed by atoms with Crippen molar-refractivity contribution in [3.63, 3.8) is 0 Å². The van der Waals surface area contributed by atoms with E-state index in [0.717, 1.165) is 48.1 Å². The molecule has 1 saturated heterocycles. The number of carbonyl (C=O) groups excluding carboxylic acids is 1. The lowest BCUT2D eigenvalue weighted by molar-refractivity contribution is -0.137. The molecule has 1 aromatic rings. The van der Waals surface area contributed by atoms with Crippen LogP contribution in [0.2, 0.25) is 0 Å². The van der Waals surface area contributed by atoms with Gasteiger partial charge in [-0.2, -0.15) is 24.9 Å². The van der Waals surface area contributed by atoms with E-state index in [1.807, 2.05) is 4.90 Å². The molecule has 0 saturated carbocycles. The molecule has 1 N–H and O–H groups in total. The molecule has 2 amide bonds. The van der Waals surface area contributed by atoms with Gasteiger partial charge in [-0.25, -0.2) is 4.79 Å². The molecular formula is C18H20F3N3OS. The summed E-state index contributed by atoms with van der Waals surface area (Å²) in [6.07, 6.45) is -1.65. The molecule has 0 spiro atoms. The summed E-state index contributed by atoms with van der Waals surface area (Å²) < 4.78 is 39.3. The number of hydrogen-bond acceptors (Lipinski definition) is 3. The number of carbonyl (C=O) groups is 1. The third-order valence-corrected chi connectivity index (χ3v) is 6.33. The van der Waals surface area contributed by atoms with Gasteiger partial charge in [0.15, 0.2) is 0 Å². The summed E-state index contributed by atoms with van der Waals surface area (Å²) in [5.74, 6) is 1.84. The van der Waals surface area contributed by atoms with Crippen LogP contribution in [0.15, 0.2) is 35.5 Å². The van der Waals surface area contributed by atoms with E-state index >= 15 is 0 Å². The summed E-state index contributed by atoms with van der Waals surface area (Å²) in [4.78, 5) is 16.1. The normalized spacial score (nSPS) is 20.9. The molecule has 3 aliphatic rings. The molecule has 2 aliphatic heterocycles. The third-order valence-electron chi connectivity index (χ3n) is 5.06. The first kappa shape index (κ1) is 17.6. The Morgan fingerprint density at radius 1 is 1.23 bits per heavy atom. The number of halogens is 3. The Labute approximate surface area is 154 Å². The number of allylic oxidation sites excluding steroid dienone is 1. The van der Waals surface area contributed by atoms with Gasteiger partial charge in [0, 0.05) is 35.5 Å². The Balaban J connectivity index is 1.59. The maximum absolute atomic E-state index is 13.1. The number of nitrogens with one attached hydrogen (secondary N) is 1. The van der Waals surface area contributed by atoms with Gasteiger partial charge >= 0.3 is 12.2 Å². The molecule has 1 aromatic carbocycles. The minimum absolute atomic E-state index is 0.134. The standard InChI is InChI=1S/C18H20F3N3OS/c19-18(20,21)13-4-2-5-15(7-13)24-11-23(8-12-3-1-6-16(12)24)17(25)22-14-9-26-10-14/h2,4-5,7,14H,1,3,6,8-11H2,(H,22,25). The molecule has 0 bridgehead atoms. The Morgan fingerprint density at radius 3 is 2.73 bits per heavy atom. The second-order valence-corrected chi connectivity index (χ2v) is 7.98. The van der Waals surface area contributed by atoms with Crippen LogP contribution in [-0.2, 0) is 6.18 Å². The van der Waals surface area contributed by atoms with Crippen molar-refractivity contribution < 1.29 is 18.0 Å². The van der Waals surface area contributed by atoms with Crippen LogP contribution in [0, 0.1) is 0 Å². The van der Waals surface area contributed by atoms with Crippen LogP contribution in [0.4, 0.5) is 23.7 Å². The molecule has 0 radical (unpaired) electrons. The predicted octanol–water partition coefficient (Wildman–Crippen LogP) is 4.05. The van der Waals surface area contributed by atoms with E-state index in [2.05, 4.69) is 5.32 Å². The van der Waals surface area contributed by atoms with Crippen molar-refractivity contribution in [3.05, 3.63) is 41.1 Å². The highest BCUT2D eigenvalue weighted by Gasteiger charge is 2.35. The van der Waals surface area contributed by atoms with E-state index in [1.54, 1.807) is 22.7 Å². The summed E-state index contributed by atoms with van der Waals surface area (Å²) in [5, 5.41) is 3.01. The highest BCUT2D eigenvalue weighted by molar-refractivity contribution is 8.00. The Bertz CT molecular complexity index is 745. The van der Waals surface area contributed by atoms with Crippen LogP contribution in [0.5, 0.6) is 0 Å². The first-order valence-electron chi connectivity index (χ1n) is 8.71. The van der Waals surface area contributed by atoms with E-state index in [9.17, 15) is 18.0 Å². The van der Waals surface area contributed by atoms with Crippen molar-refractivity contribution in [1.29, 1.82) is 0 Å². The monoisotopic (exact) mass is 383 g/mol. The molecule has 4 rings (SSSR count). The molecule has 0 aromatic heterocycles. The summed E-state index contributed by atoms with van der Waals surface area (Å²) >= 11 is 1.79. The van der Waals surface area contributed by atoms with Crippen LogP contribution < -0.4 is 10.2 Å². The van der Waals surface area contributed by atoms with Crippen molar-refractivity contribution in [1.82, 2.24) is 10.2 Å². The molecule has 0 atom stereocenters. The molecule has 8 heteroatoms. The topological polar surface area (TPSA) is 35.6 Å². The van der Waals surface area contributed by atoms with Crippen molar-refractivity contribution in [2.75, 3.05) is 29.6 Å². The van der Waals surface area contributed by atoms with Gasteiger partial charge in [-0.05, 0) is 43.0 Å². The number of thioether (sulfide) groups is 1. The van der Waals surface area contributed by atoms with Gasteiger partial charge in [0.25, 0.3) is 0 Å². The SMILES string of the molecule is O=C(NC1CSC1)N1CC2=C(CCC2)N(c2cccc(C(F)(F)F)c2)C1. The maximum atomic E-state index is 13.1. The number of benzene rings is 1. The largest absolute Gasteiger partial charge is 0.416 e. The lowest BCUT2D eigenvalue weighted by atomic mass is 10.1. The van der Waals surface area contributed by atoms with Crippen molar-refractivity contribution in [2.45, 2.75) is 31.5 Å². The fraction of sp³-hybridized carbons (Fsp3) is 0.500. The van der Waals surface area contributed by atoms with Crippen LogP contribution in [-0.4, -0.2) is 41.7 Å². The summed E-state index contributed by atoms with van der Waals surface area (Å²) in [6, 6.07) is 5.43. The van der Waals surface area contributed by atoms with Crippen LogP contribution >= 0.6 is 11.8 Å². The quantitative estimate of drug-likeness (QED) is 0.837. The average Bonchev–Trinajstić information content (AvgIpc) is 3.05. The van der Waals surface area contributed by atoms with Gasteiger partial charge in [-0.15, -0.1) is 0 Å². The number of alkyl halides is 3. The molecule has 4 nitrogen and oxygen atoms in total. The zero-order valence-electron chi connectivity index (χ0n) is 14.2. The molecule has 140 valence electrons. The molecule has 2 heterocycles. The van der Waals surface area contributed by atoms with Crippen molar-refractivity contribution in [3.8, 4) is 0 Å². The summed E-state index contributed by atoms with van der Waals surface area (Å²) in [5.41, 5.74) is 2.06. The molecule has 1 aliphatic carbocycles. The minimum atomic E-state index is -4.38. The Hall–Kier alpha value is -1.83. The smallest absolute Gasteiger partial charge is 0.334 e. The fourth-order valence-electron chi connectivity index (χ4n) is 3.63. The van der Waals surface area contributed by atoms with Gasteiger partial charge in [-0.3, -0.25) is 0 Å². The maximum Gasteiger partial charge on any atom is 0.416 e. The molecular weight excluding hydrogens is 363 g/mol. The Morgan fingerprint density at radius 2 is 2.04 bits per heavy atom. The van der Waals surface area contributed by atoms with E-state index in [4.69, 9.17) is 0 Å². The number of anilines is 1. The van der Waals surface area contributed by atoms with Gasteiger partial charge in [0.2, 0.25) is 0 Å². The van der Waals surface area contributed by atoms with Gasteiger partial charge in [0.05, 0.1) is 12.2 Å². The zero-order chi connectivity index (χ0) is 18.3. The van der Waals surface area contributed by atoms with E-state index in [0.29, 0.717) is 12.2 Å². The number of urea groups is 1.